The van der Waals surface area contributed by atoms with Crippen LogP contribution in [0.4, 0.5) is 0 Å². The van der Waals surface area contributed by atoms with Crippen molar-refractivity contribution in [3.8, 4) is 5.75 Å². The van der Waals surface area contributed by atoms with Crippen LogP contribution in [0.25, 0.3) is 0 Å². The summed E-state index contributed by atoms with van der Waals surface area (Å²) in [6.45, 7) is 5.49. The number of fused-ring (bicyclic) bond motifs is 1. The first-order chi connectivity index (χ1) is 10.0. The van der Waals surface area contributed by atoms with Crippen molar-refractivity contribution in [3.63, 3.8) is 0 Å². The molecule has 1 aromatic carbocycles. The summed E-state index contributed by atoms with van der Waals surface area (Å²) >= 11 is 0. The number of ether oxygens (including phenoxy) is 1. The van der Waals surface area contributed by atoms with Gasteiger partial charge in [-0.05, 0) is 56.2 Å². The quantitative estimate of drug-likeness (QED) is 0.928. The number of hydrogen-bond acceptors (Lipinski definition) is 3. The van der Waals surface area contributed by atoms with E-state index in [-0.39, 0.29) is 24.4 Å². The number of nitrogens with zero attached hydrogens (tertiary/aromatic N) is 1. The van der Waals surface area contributed by atoms with Gasteiger partial charge in [0.1, 0.15) is 5.75 Å². The standard InChI is InChI=1S/C17H24N2O2.ClH/c1-11-4-3-5-14(8-11)21-12(2)17(20)19-9-13-6-7-16(18)15(13)10-19;/h3-5,8,12-13,15-16H,6-7,9-10,18H2,1-2H3;1H. The van der Waals surface area contributed by atoms with Gasteiger partial charge in [-0.1, -0.05) is 12.1 Å². The predicted molar refractivity (Wildman–Crippen MR) is 89.3 cm³/mol. The Morgan fingerprint density at radius 2 is 2.14 bits per heavy atom. The molecule has 2 aliphatic rings. The van der Waals surface area contributed by atoms with E-state index in [1.807, 2.05) is 43.0 Å². The number of carbonyl (C=O) groups excluding carboxylic acids is 1. The number of halogens is 1. The molecule has 122 valence electrons. The minimum atomic E-state index is -0.443. The maximum Gasteiger partial charge on any atom is 0.263 e. The monoisotopic (exact) mass is 324 g/mol. The van der Waals surface area contributed by atoms with Crippen molar-refractivity contribution in [3.05, 3.63) is 29.8 Å². The van der Waals surface area contributed by atoms with Gasteiger partial charge in [-0.15, -0.1) is 12.4 Å². The smallest absolute Gasteiger partial charge is 0.263 e. The van der Waals surface area contributed by atoms with Crippen molar-refractivity contribution in [2.45, 2.75) is 38.8 Å². The van der Waals surface area contributed by atoms with Crippen LogP contribution < -0.4 is 10.5 Å². The zero-order valence-electron chi connectivity index (χ0n) is 13.2. The summed E-state index contributed by atoms with van der Waals surface area (Å²) in [5, 5.41) is 0. The van der Waals surface area contributed by atoms with Crippen molar-refractivity contribution in [1.82, 2.24) is 4.90 Å². The minimum Gasteiger partial charge on any atom is -0.481 e. The summed E-state index contributed by atoms with van der Waals surface area (Å²) < 4.78 is 5.80. The van der Waals surface area contributed by atoms with Gasteiger partial charge in [-0.25, -0.2) is 0 Å². The van der Waals surface area contributed by atoms with Crippen molar-refractivity contribution in [1.29, 1.82) is 0 Å². The highest BCUT2D eigenvalue weighted by atomic mass is 35.5. The van der Waals surface area contributed by atoms with E-state index in [1.165, 1.54) is 0 Å². The molecule has 0 spiro atoms. The van der Waals surface area contributed by atoms with Crippen molar-refractivity contribution >= 4 is 18.3 Å². The third kappa shape index (κ3) is 3.39. The fourth-order valence-electron chi connectivity index (χ4n) is 3.69. The third-order valence-electron chi connectivity index (χ3n) is 4.87. The van der Waals surface area contributed by atoms with E-state index in [4.69, 9.17) is 10.5 Å². The Morgan fingerprint density at radius 1 is 1.36 bits per heavy atom. The Balaban J connectivity index is 0.00000176. The maximum atomic E-state index is 12.5. The average Bonchev–Trinajstić information content (AvgIpc) is 3.00. The van der Waals surface area contributed by atoms with Gasteiger partial charge in [0, 0.05) is 19.1 Å². The first kappa shape index (κ1) is 17.1. The highest BCUT2D eigenvalue weighted by Gasteiger charge is 2.43. The molecule has 1 saturated heterocycles. The number of carbonyl (C=O) groups is 1. The van der Waals surface area contributed by atoms with Crippen LogP contribution in [0, 0.1) is 18.8 Å². The van der Waals surface area contributed by atoms with Gasteiger partial charge in [0.25, 0.3) is 5.91 Å². The summed E-state index contributed by atoms with van der Waals surface area (Å²) in [6.07, 6.45) is 1.82. The molecule has 0 aromatic heterocycles. The van der Waals surface area contributed by atoms with Gasteiger partial charge < -0.3 is 15.4 Å². The number of rotatable bonds is 3. The second kappa shape index (κ2) is 6.88. The maximum absolute atomic E-state index is 12.5. The van der Waals surface area contributed by atoms with Crippen LogP contribution in [-0.2, 0) is 4.79 Å². The summed E-state index contributed by atoms with van der Waals surface area (Å²) in [7, 11) is 0. The van der Waals surface area contributed by atoms with E-state index < -0.39 is 6.10 Å². The van der Waals surface area contributed by atoms with E-state index in [0.29, 0.717) is 11.8 Å². The Bertz CT molecular complexity index is 537. The lowest BCUT2D eigenvalue weighted by Gasteiger charge is -2.23. The van der Waals surface area contributed by atoms with Crippen LogP contribution in [-0.4, -0.2) is 36.0 Å². The summed E-state index contributed by atoms with van der Waals surface area (Å²) in [6, 6.07) is 8.08. The highest BCUT2D eigenvalue weighted by molar-refractivity contribution is 5.85. The Hall–Kier alpha value is -1.26. The molecule has 4 nitrogen and oxygen atoms in total. The summed E-state index contributed by atoms with van der Waals surface area (Å²) in [5.74, 6) is 1.92. The molecule has 1 heterocycles. The molecular weight excluding hydrogens is 300 g/mol. The lowest BCUT2D eigenvalue weighted by atomic mass is 9.98. The molecule has 22 heavy (non-hydrogen) atoms. The van der Waals surface area contributed by atoms with E-state index in [1.54, 1.807) is 0 Å². The van der Waals surface area contributed by atoms with Gasteiger partial charge in [0.05, 0.1) is 0 Å². The molecule has 1 amide bonds. The predicted octanol–water partition coefficient (Wildman–Crippen LogP) is 2.38. The van der Waals surface area contributed by atoms with Crippen molar-refractivity contribution in [2.24, 2.45) is 17.6 Å². The van der Waals surface area contributed by atoms with Crippen LogP contribution in [0.15, 0.2) is 24.3 Å². The molecule has 2 N–H and O–H groups in total. The SMILES string of the molecule is Cc1cccc(OC(C)C(=O)N2CC3CCC(N)C3C2)c1.Cl. The minimum absolute atomic E-state index is 0. The number of nitrogens with two attached hydrogens (primary N) is 1. The number of hydrogen-bond donors (Lipinski definition) is 1. The Kier molecular flexibility index (Phi) is 5.35. The molecule has 4 unspecified atom stereocenters. The molecule has 1 aliphatic heterocycles. The Labute approximate surface area is 138 Å². The molecule has 3 rings (SSSR count). The van der Waals surface area contributed by atoms with Crippen molar-refractivity contribution in [2.75, 3.05) is 13.1 Å². The first-order valence-corrected chi connectivity index (χ1v) is 7.82. The molecule has 1 saturated carbocycles. The molecule has 0 radical (unpaired) electrons. The van der Waals surface area contributed by atoms with Gasteiger partial charge in [0.2, 0.25) is 0 Å². The molecule has 1 aliphatic carbocycles. The lowest BCUT2D eigenvalue weighted by molar-refractivity contribution is -0.137. The van der Waals surface area contributed by atoms with Gasteiger partial charge >= 0.3 is 0 Å². The fraction of sp³-hybridized carbons (Fsp3) is 0.588. The van der Waals surface area contributed by atoms with Crippen LogP contribution in [0.3, 0.4) is 0 Å². The molecule has 2 fully saturated rings. The highest BCUT2D eigenvalue weighted by Crippen LogP contribution is 2.37. The third-order valence-corrected chi connectivity index (χ3v) is 4.87. The summed E-state index contributed by atoms with van der Waals surface area (Å²) in [4.78, 5) is 14.5. The van der Waals surface area contributed by atoms with Gasteiger partial charge in [0.15, 0.2) is 6.10 Å². The number of benzene rings is 1. The van der Waals surface area contributed by atoms with Crippen LogP contribution in [0.5, 0.6) is 5.75 Å². The lowest BCUT2D eigenvalue weighted by Crippen LogP contribution is -2.40. The molecule has 4 atom stereocenters. The topological polar surface area (TPSA) is 55.6 Å². The average molecular weight is 325 g/mol. The summed E-state index contributed by atoms with van der Waals surface area (Å²) in [5.41, 5.74) is 7.26. The van der Waals surface area contributed by atoms with Crippen LogP contribution in [0.2, 0.25) is 0 Å². The van der Waals surface area contributed by atoms with E-state index in [0.717, 1.165) is 37.2 Å². The van der Waals surface area contributed by atoms with E-state index >= 15 is 0 Å². The number of aryl methyl sites for hydroxylation is 1. The van der Waals surface area contributed by atoms with E-state index in [2.05, 4.69) is 0 Å². The number of likely N-dealkylation sites (tertiary alicyclic amines) is 1. The second-order valence-corrected chi connectivity index (χ2v) is 6.48. The Morgan fingerprint density at radius 3 is 2.82 bits per heavy atom. The largest absolute Gasteiger partial charge is 0.481 e. The van der Waals surface area contributed by atoms with Crippen LogP contribution >= 0.6 is 12.4 Å². The van der Waals surface area contributed by atoms with Crippen molar-refractivity contribution < 1.29 is 9.53 Å². The molecule has 0 bridgehead atoms. The van der Waals surface area contributed by atoms with Gasteiger partial charge in [-0.3, -0.25) is 4.79 Å². The van der Waals surface area contributed by atoms with Gasteiger partial charge in [-0.2, -0.15) is 0 Å². The second-order valence-electron chi connectivity index (χ2n) is 6.48. The molecule has 5 heteroatoms. The van der Waals surface area contributed by atoms with E-state index in [9.17, 15) is 4.79 Å². The normalized spacial score (nSPS) is 28.0. The fourth-order valence-corrected chi connectivity index (χ4v) is 3.69. The first-order valence-electron chi connectivity index (χ1n) is 7.82. The van der Waals surface area contributed by atoms with Crippen LogP contribution in [0.1, 0.15) is 25.3 Å². The molecular formula is C17H25ClN2O2. The zero-order chi connectivity index (χ0) is 15.0. The number of amides is 1. The zero-order valence-corrected chi connectivity index (χ0v) is 14.0. The molecule has 1 aromatic rings.